The van der Waals surface area contributed by atoms with Gasteiger partial charge in [-0.2, -0.15) is 0 Å². The third-order valence-corrected chi connectivity index (χ3v) is 1.88. The SMILES string of the molecule is CC#CCC(CCOC)NCCC. The molecular formula is C11H21NO. The van der Waals surface area contributed by atoms with Gasteiger partial charge >= 0.3 is 0 Å². The van der Waals surface area contributed by atoms with E-state index in [0.717, 1.165) is 26.0 Å². The highest BCUT2D eigenvalue weighted by Crippen LogP contribution is 1.97. The molecule has 0 aliphatic rings. The smallest absolute Gasteiger partial charge is 0.0477 e. The summed E-state index contributed by atoms with van der Waals surface area (Å²) in [4.78, 5) is 0. The van der Waals surface area contributed by atoms with Crippen molar-refractivity contribution in [1.29, 1.82) is 0 Å². The van der Waals surface area contributed by atoms with Crippen molar-refractivity contribution in [1.82, 2.24) is 5.32 Å². The minimum Gasteiger partial charge on any atom is -0.385 e. The van der Waals surface area contributed by atoms with Gasteiger partial charge in [-0.25, -0.2) is 0 Å². The number of methoxy groups -OCH3 is 1. The van der Waals surface area contributed by atoms with E-state index in [-0.39, 0.29) is 0 Å². The van der Waals surface area contributed by atoms with E-state index in [9.17, 15) is 0 Å². The third-order valence-electron chi connectivity index (χ3n) is 1.88. The quantitative estimate of drug-likeness (QED) is 0.608. The summed E-state index contributed by atoms with van der Waals surface area (Å²) in [5, 5.41) is 3.46. The van der Waals surface area contributed by atoms with Crippen molar-refractivity contribution in [2.75, 3.05) is 20.3 Å². The first kappa shape index (κ1) is 12.5. The Morgan fingerprint density at radius 1 is 1.46 bits per heavy atom. The van der Waals surface area contributed by atoms with E-state index in [1.165, 1.54) is 6.42 Å². The average Bonchev–Trinajstić information content (AvgIpc) is 2.17. The van der Waals surface area contributed by atoms with Crippen molar-refractivity contribution in [3.63, 3.8) is 0 Å². The monoisotopic (exact) mass is 183 g/mol. The molecule has 0 heterocycles. The fourth-order valence-corrected chi connectivity index (χ4v) is 1.11. The standard InChI is InChI=1S/C11H21NO/c1-4-6-7-11(8-10-13-3)12-9-5-2/h11-12H,5,7-10H2,1-3H3. The van der Waals surface area contributed by atoms with Crippen molar-refractivity contribution in [3.8, 4) is 11.8 Å². The van der Waals surface area contributed by atoms with Crippen LogP contribution in [0.25, 0.3) is 0 Å². The lowest BCUT2D eigenvalue weighted by molar-refractivity contribution is 0.183. The molecule has 0 bridgehead atoms. The molecule has 0 rings (SSSR count). The molecule has 0 saturated heterocycles. The average molecular weight is 183 g/mol. The molecule has 13 heavy (non-hydrogen) atoms. The lowest BCUT2D eigenvalue weighted by Gasteiger charge is -2.14. The van der Waals surface area contributed by atoms with Crippen molar-refractivity contribution in [2.45, 2.75) is 39.2 Å². The van der Waals surface area contributed by atoms with Gasteiger partial charge in [-0.3, -0.25) is 0 Å². The highest BCUT2D eigenvalue weighted by molar-refractivity contribution is 4.98. The topological polar surface area (TPSA) is 21.3 Å². The van der Waals surface area contributed by atoms with Crippen molar-refractivity contribution in [3.05, 3.63) is 0 Å². The van der Waals surface area contributed by atoms with E-state index >= 15 is 0 Å². The Hall–Kier alpha value is -0.520. The Balaban J connectivity index is 3.63. The first-order valence-electron chi connectivity index (χ1n) is 4.97. The van der Waals surface area contributed by atoms with Gasteiger partial charge in [0.15, 0.2) is 0 Å². The summed E-state index contributed by atoms with van der Waals surface area (Å²) in [6.45, 7) is 5.94. The summed E-state index contributed by atoms with van der Waals surface area (Å²) in [7, 11) is 1.74. The van der Waals surface area contributed by atoms with E-state index < -0.39 is 0 Å². The fourth-order valence-electron chi connectivity index (χ4n) is 1.11. The van der Waals surface area contributed by atoms with Gasteiger partial charge in [0, 0.05) is 26.2 Å². The van der Waals surface area contributed by atoms with Crippen LogP contribution in [-0.2, 0) is 4.74 Å². The number of rotatable bonds is 7. The van der Waals surface area contributed by atoms with Crippen molar-refractivity contribution in [2.24, 2.45) is 0 Å². The van der Waals surface area contributed by atoms with Crippen LogP contribution in [0.3, 0.4) is 0 Å². The summed E-state index contributed by atoms with van der Waals surface area (Å²) >= 11 is 0. The van der Waals surface area contributed by atoms with E-state index in [2.05, 4.69) is 24.1 Å². The molecule has 2 heteroatoms. The van der Waals surface area contributed by atoms with E-state index in [0.29, 0.717) is 6.04 Å². The van der Waals surface area contributed by atoms with Gasteiger partial charge in [0.1, 0.15) is 0 Å². The fraction of sp³-hybridized carbons (Fsp3) is 0.818. The minimum atomic E-state index is 0.493. The summed E-state index contributed by atoms with van der Waals surface area (Å²) in [6, 6.07) is 0.493. The van der Waals surface area contributed by atoms with E-state index in [1.54, 1.807) is 7.11 Å². The Labute approximate surface area is 82.1 Å². The van der Waals surface area contributed by atoms with Crippen molar-refractivity contribution < 1.29 is 4.74 Å². The highest BCUT2D eigenvalue weighted by Gasteiger charge is 2.04. The van der Waals surface area contributed by atoms with E-state index in [1.807, 2.05) is 6.92 Å². The number of ether oxygens (including phenoxy) is 1. The third kappa shape index (κ3) is 7.83. The molecule has 76 valence electrons. The second kappa shape index (κ2) is 9.57. The maximum absolute atomic E-state index is 5.04. The summed E-state index contributed by atoms with van der Waals surface area (Å²) in [5.41, 5.74) is 0. The largest absolute Gasteiger partial charge is 0.385 e. The molecule has 0 spiro atoms. The van der Waals surface area contributed by atoms with Gasteiger partial charge in [-0.05, 0) is 26.3 Å². The molecule has 0 radical (unpaired) electrons. The molecule has 0 amide bonds. The lowest BCUT2D eigenvalue weighted by atomic mass is 10.1. The molecule has 0 aliphatic heterocycles. The molecule has 1 atom stereocenters. The summed E-state index contributed by atoms with van der Waals surface area (Å²) < 4.78 is 5.04. The van der Waals surface area contributed by atoms with Gasteiger partial charge < -0.3 is 10.1 Å². The zero-order valence-electron chi connectivity index (χ0n) is 9.02. The molecule has 0 saturated carbocycles. The zero-order valence-corrected chi connectivity index (χ0v) is 9.02. The van der Waals surface area contributed by atoms with Crippen LogP contribution in [0.4, 0.5) is 0 Å². The first-order chi connectivity index (χ1) is 6.35. The Bertz CT molecular complexity index is 149. The van der Waals surface area contributed by atoms with Gasteiger partial charge in [-0.1, -0.05) is 6.92 Å². The molecule has 0 aromatic heterocycles. The number of hydrogen-bond acceptors (Lipinski definition) is 2. The second-order valence-corrected chi connectivity index (χ2v) is 3.06. The van der Waals surface area contributed by atoms with Crippen LogP contribution >= 0.6 is 0 Å². The summed E-state index contributed by atoms with van der Waals surface area (Å²) in [5.74, 6) is 6.02. The van der Waals surface area contributed by atoms with Gasteiger partial charge in [0.2, 0.25) is 0 Å². The molecule has 1 N–H and O–H groups in total. The molecule has 1 unspecified atom stereocenters. The van der Waals surface area contributed by atoms with Gasteiger partial charge in [0.25, 0.3) is 0 Å². The maximum atomic E-state index is 5.04. The molecular weight excluding hydrogens is 162 g/mol. The zero-order chi connectivity index (χ0) is 9.94. The Kier molecular flexibility index (Phi) is 9.18. The lowest BCUT2D eigenvalue weighted by Crippen LogP contribution is -2.30. The molecule has 2 nitrogen and oxygen atoms in total. The molecule has 0 fully saturated rings. The Morgan fingerprint density at radius 2 is 2.23 bits per heavy atom. The van der Waals surface area contributed by atoms with Crippen LogP contribution in [0.5, 0.6) is 0 Å². The van der Waals surface area contributed by atoms with Crippen LogP contribution < -0.4 is 5.32 Å². The molecule has 0 aliphatic carbocycles. The van der Waals surface area contributed by atoms with E-state index in [4.69, 9.17) is 4.74 Å². The van der Waals surface area contributed by atoms with Crippen LogP contribution in [0.15, 0.2) is 0 Å². The van der Waals surface area contributed by atoms with Crippen LogP contribution in [-0.4, -0.2) is 26.3 Å². The summed E-state index contributed by atoms with van der Waals surface area (Å²) in [6.07, 6.45) is 3.15. The van der Waals surface area contributed by atoms with Crippen LogP contribution in [0, 0.1) is 11.8 Å². The number of hydrogen-bond donors (Lipinski definition) is 1. The molecule has 0 aromatic carbocycles. The van der Waals surface area contributed by atoms with Crippen molar-refractivity contribution >= 4 is 0 Å². The minimum absolute atomic E-state index is 0.493. The normalized spacial score (nSPS) is 11.9. The predicted molar refractivity (Wildman–Crippen MR) is 56.6 cm³/mol. The second-order valence-electron chi connectivity index (χ2n) is 3.06. The maximum Gasteiger partial charge on any atom is 0.0477 e. The van der Waals surface area contributed by atoms with Crippen LogP contribution in [0.2, 0.25) is 0 Å². The molecule has 0 aromatic rings. The first-order valence-corrected chi connectivity index (χ1v) is 4.97. The van der Waals surface area contributed by atoms with Crippen LogP contribution in [0.1, 0.15) is 33.1 Å². The van der Waals surface area contributed by atoms with Gasteiger partial charge in [-0.15, -0.1) is 11.8 Å². The number of nitrogens with one attached hydrogen (secondary N) is 1. The highest BCUT2D eigenvalue weighted by atomic mass is 16.5. The predicted octanol–water partition coefficient (Wildman–Crippen LogP) is 1.80. The van der Waals surface area contributed by atoms with Gasteiger partial charge in [0.05, 0.1) is 0 Å². The Morgan fingerprint density at radius 3 is 2.77 bits per heavy atom.